The maximum atomic E-state index is 4.66. The zero-order valence-corrected chi connectivity index (χ0v) is 20.4. The Hall–Kier alpha value is -4.44. The topological polar surface area (TPSA) is 35.6 Å². The van der Waals surface area contributed by atoms with E-state index < -0.39 is 0 Å². The van der Waals surface area contributed by atoms with E-state index in [1.807, 2.05) is 0 Å². The number of aryl methyl sites for hydroxylation is 2. The molecule has 3 heterocycles. The minimum atomic E-state index is 0.925. The highest BCUT2D eigenvalue weighted by Gasteiger charge is 2.14. The molecule has 0 saturated heterocycles. The van der Waals surface area contributed by atoms with Crippen LogP contribution in [0.1, 0.15) is 13.8 Å². The Kier molecular flexibility index (Phi) is 4.68. The molecule has 0 spiro atoms. The van der Waals surface area contributed by atoms with Crippen molar-refractivity contribution < 1.29 is 0 Å². The molecule has 0 unspecified atom stereocenters. The van der Waals surface area contributed by atoms with E-state index in [0.717, 1.165) is 35.6 Å². The lowest BCUT2D eigenvalue weighted by molar-refractivity contribution is 0.827. The fourth-order valence-electron chi connectivity index (χ4n) is 5.77. The maximum absolute atomic E-state index is 4.66. The SMILES string of the molecule is CCn1c2ccccc2c2ccc(-c3cc(-c4ccc5c6ccccc6n(CC)c5c4)ncn3)cc21. The summed E-state index contributed by atoms with van der Waals surface area (Å²) in [7, 11) is 0. The predicted octanol–water partition coefficient (Wildman–Crippen LogP) is 8.07. The average Bonchev–Trinajstić information content (AvgIpc) is 3.44. The summed E-state index contributed by atoms with van der Waals surface area (Å²) in [5.74, 6) is 0. The van der Waals surface area contributed by atoms with Crippen molar-refractivity contribution in [1.29, 1.82) is 0 Å². The van der Waals surface area contributed by atoms with Crippen LogP contribution in [-0.4, -0.2) is 19.1 Å². The van der Waals surface area contributed by atoms with E-state index in [1.165, 1.54) is 43.6 Å². The zero-order valence-electron chi connectivity index (χ0n) is 20.4. The Morgan fingerprint density at radius 1 is 0.500 bits per heavy atom. The quantitative estimate of drug-likeness (QED) is 0.263. The van der Waals surface area contributed by atoms with Gasteiger partial charge in [-0.1, -0.05) is 60.7 Å². The molecule has 7 rings (SSSR count). The number of benzene rings is 4. The van der Waals surface area contributed by atoms with Crippen LogP contribution in [0.3, 0.4) is 0 Å². The second-order valence-corrected chi connectivity index (χ2v) is 9.28. The lowest BCUT2D eigenvalue weighted by atomic mass is 10.0. The highest BCUT2D eigenvalue weighted by Crippen LogP contribution is 2.34. The fourth-order valence-corrected chi connectivity index (χ4v) is 5.77. The van der Waals surface area contributed by atoms with Gasteiger partial charge >= 0.3 is 0 Å². The smallest absolute Gasteiger partial charge is 0.116 e. The third-order valence-electron chi connectivity index (χ3n) is 7.44. The normalized spacial score (nSPS) is 11.8. The van der Waals surface area contributed by atoms with Crippen LogP contribution in [0.4, 0.5) is 0 Å². The van der Waals surface area contributed by atoms with Gasteiger partial charge in [-0.05, 0) is 44.2 Å². The minimum absolute atomic E-state index is 0.925. The fraction of sp³-hybridized carbons (Fsp3) is 0.125. The molecule has 0 radical (unpaired) electrons. The van der Waals surface area contributed by atoms with E-state index >= 15 is 0 Å². The Labute approximate surface area is 209 Å². The molecule has 174 valence electrons. The van der Waals surface area contributed by atoms with Gasteiger partial charge in [-0.25, -0.2) is 9.97 Å². The second kappa shape index (κ2) is 8.06. The number of hydrogen-bond donors (Lipinski definition) is 0. The summed E-state index contributed by atoms with van der Waals surface area (Å²) >= 11 is 0. The molecule has 0 aliphatic rings. The van der Waals surface area contributed by atoms with Crippen molar-refractivity contribution in [2.75, 3.05) is 0 Å². The molecular formula is C32H26N4. The number of nitrogens with zero attached hydrogens (tertiary/aromatic N) is 4. The number of hydrogen-bond acceptors (Lipinski definition) is 2. The van der Waals surface area contributed by atoms with Crippen molar-refractivity contribution in [3.05, 3.63) is 97.3 Å². The third-order valence-corrected chi connectivity index (χ3v) is 7.44. The van der Waals surface area contributed by atoms with E-state index in [9.17, 15) is 0 Å². The molecule has 0 aliphatic carbocycles. The summed E-state index contributed by atoms with van der Waals surface area (Å²) in [5, 5.41) is 5.15. The molecule has 0 saturated carbocycles. The van der Waals surface area contributed by atoms with Gasteiger partial charge in [-0.3, -0.25) is 0 Å². The van der Waals surface area contributed by atoms with Crippen molar-refractivity contribution in [1.82, 2.24) is 19.1 Å². The summed E-state index contributed by atoms with van der Waals surface area (Å²) in [6, 6.07) is 32.7. The predicted molar refractivity (Wildman–Crippen MR) is 150 cm³/mol. The van der Waals surface area contributed by atoms with Gasteiger partial charge in [0.25, 0.3) is 0 Å². The molecule has 3 aromatic heterocycles. The van der Waals surface area contributed by atoms with Crippen LogP contribution < -0.4 is 0 Å². The summed E-state index contributed by atoms with van der Waals surface area (Å²) in [6.07, 6.45) is 1.68. The van der Waals surface area contributed by atoms with Gasteiger partial charge in [-0.2, -0.15) is 0 Å². The number of para-hydroxylation sites is 2. The van der Waals surface area contributed by atoms with E-state index in [4.69, 9.17) is 0 Å². The standard InChI is InChI=1S/C32H26N4/c1-3-35-29-11-7-5-9-23(29)25-15-13-21(17-31(25)35)27-19-28(34-20-33-27)22-14-16-26-24-10-6-8-12-30(24)36(4-2)32(26)18-22/h5-20H,3-4H2,1-2H3. The number of rotatable bonds is 4. The second-order valence-electron chi connectivity index (χ2n) is 9.28. The summed E-state index contributed by atoms with van der Waals surface area (Å²) in [6.45, 7) is 6.25. The average molecular weight is 467 g/mol. The van der Waals surface area contributed by atoms with E-state index in [0.29, 0.717) is 0 Å². The van der Waals surface area contributed by atoms with Crippen LogP contribution in [0.5, 0.6) is 0 Å². The molecule has 0 atom stereocenters. The zero-order chi connectivity index (χ0) is 24.2. The van der Waals surface area contributed by atoms with Gasteiger partial charge in [0.1, 0.15) is 6.33 Å². The van der Waals surface area contributed by atoms with Crippen molar-refractivity contribution in [3.63, 3.8) is 0 Å². The van der Waals surface area contributed by atoms with Gasteiger partial charge < -0.3 is 9.13 Å². The number of aromatic nitrogens is 4. The van der Waals surface area contributed by atoms with E-state index in [-0.39, 0.29) is 0 Å². The molecule has 0 amide bonds. The van der Waals surface area contributed by atoms with Crippen molar-refractivity contribution >= 4 is 43.6 Å². The highest BCUT2D eigenvalue weighted by molar-refractivity contribution is 6.10. The van der Waals surface area contributed by atoms with E-state index in [1.54, 1.807) is 6.33 Å². The van der Waals surface area contributed by atoms with Gasteiger partial charge in [0.15, 0.2) is 0 Å². The molecular weight excluding hydrogens is 440 g/mol. The first-order valence-electron chi connectivity index (χ1n) is 12.6. The molecule has 4 nitrogen and oxygen atoms in total. The summed E-state index contributed by atoms with van der Waals surface area (Å²) in [5.41, 5.74) is 9.11. The molecule has 36 heavy (non-hydrogen) atoms. The first kappa shape index (κ1) is 20.9. The van der Waals surface area contributed by atoms with Gasteiger partial charge in [0.2, 0.25) is 0 Å². The van der Waals surface area contributed by atoms with Crippen molar-refractivity contribution in [2.45, 2.75) is 26.9 Å². The van der Waals surface area contributed by atoms with Crippen LogP contribution in [0, 0.1) is 0 Å². The van der Waals surface area contributed by atoms with E-state index in [2.05, 4.69) is 124 Å². The molecule has 4 aromatic carbocycles. The summed E-state index contributed by atoms with van der Waals surface area (Å²) in [4.78, 5) is 9.31. The molecule has 0 N–H and O–H groups in total. The Bertz CT molecular complexity index is 1790. The molecule has 7 aromatic rings. The van der Waals surface area contributed by atoms with Crippen LogP contribution in [0.15, 0.2) is 97.3 Å². The lowest BCUT2D eigenvalue weighted by Gasteiger charge is -2.08. The first-order valence-corrected chi connectivity index (χ1v) is 12.6. The Morgan fingerprint density at radius 3 is 1.42 bits per heavy atom. The van der Waals surface area contributed by atoms with Crippen LogP contribution in [-0.2, 0) is 13.1 Å². The Balaban J connectivity index is 1.37. The summed E-state index contributed by atoms with van der Waals surface area (Å²) < 4.78 is 4.77. The lowest BCUT2D eigenvalue weighted by Crippen LogP contribution is -1.94. The highest BCUT2D eigenvalue weighted by atomic mass is 15.0. The van der Waals surface area contributed by atoms with Crippen molar-refractivity contribution in [3.8, 4) is 22.5 Å². The van der Waals surface area contributed by atoms with Gasteiger partial charge in [0.05, 0.1) is 11.4 Å². The molecule has 0 fully saturated rings. The van der Waals surface area contributed by atoms with Crippen LogP contribution >= 0.6 is 0 Å². The van der Waals surface area contributed by atoms with Gasteiger partial charge in [0, 0.05) is 67.8 Å². The molecule has 0 aliphatic heterocycles. The largest absolute Gasteiger partial charge is 0.341 e. The number of fused-ring (bicyclic) bond motifs is 6. The Morgan fingerprint density at radius 2 is 0.944 bits per heavy atom. The monoisotopic (exact) mass is 466 g/mol. The van der Waals surface area contributed by atoms with Crippen LogP contribution in [0.2, 0.25) is 0 Å². The third kappa shape index (κ3) is 3.01. The van der Waals surface area contributed by atoms with Crippen LogP contribution in [0.25, 0.3) is 66.1 Å². The maximum Gasteiger partial charge on any atom is 0.116 e. The van der Waals surface area contributed by atoms with Gasteiger partial charge in [-0.15, -0.1) is 0 Å². The minimum Gasteiger partial charge on any atom is -0.341 e. The van der Waals surface area contributed by atoms with Crippen molar-refractivity contribution in [2.24, 2.45) is 0 Å². The first-order chi connectivity index (χ1) is 17.8. The molecule has 0 bridgehead atoms. The molecule has 4 heteroatoms.